The Morgan fingerprint density at radius 1 is 0.778 bits per heavy atom. The Hall–Kier alpha value is -4.72. The van der Waals surface area contributed by atoms with Gasteiger partial charge in [-0.05, 0) is 31.9 Å². The molecule has 8 heteroatoms. The van der Waals surface area contributed by atoms with Crippen LogP contribution in [-0.4, -0.2) is 46.2 Å². The summed E-state index contributed by atoms with van der Waals surface area (Å²) in [6.07, 6.45) is 1.36. The first-order valence-corrected chi connectivity index (χ1v) is 11.2. The van der Waals surface area contributed by atoms with Crippen molar-refractivity contribution in [2.45, 2.75) is 20.8 Å². The first-order chi connectivity index (χ1) is 17.3. The summed E-state index contributed by atoms with van der Waals surface area (Å²) in [5.41, 5.74) is 4.98. The van der Waals surface area contributed by atoms with E-state index < -0.39 is 11.9 Å². The number of H-pyrrole nitrogens is 2. The Kier molecular flexibility index (Phi) is 8.35. The van der Waals surface area contributed by atoms with Crippen molar-refractivity contribution in [1.82, 2.24) is 9.97 Å². The Labute approximate surface area is 208 Å². The van der Waals surface area contributed by atoms with E-state index in [1.807, 2.05) is 36.4 Å². The molecule has 0 aliphatic rings. The molecule has 0 atom stereocenters. The molecule has 0 saturated heterocycles. The number of aromatic carboxylic acids is 1. The molecule has 8 nitrogen and oxygen atoms in total. The predicted octanol–water partition coefficient (Wildman–Crippen LogP) is 5.48. The van der Waals surface area contributed by atoms with Gasteiger partial charge in [0.15, 0.2) is 12.6 Å². The summed E-state index contributed by atoms with van der Waals surface area (Å²) < 4.78 is 5.05. The molecule has 4 rings (SSSR count). The quantitative estimate of drug-likeness (QED) is 0.234. The zero-order valence-corrected chi connectivity index (χ0v) is 20.1. The van der Waals surface area contributed by atoms with Crippen molar-refractivity contribution in [1.29, 1.82) is 0 Å². The number of esters is 1. The van der Waals surface area contributed by atoms with Crippen LogP contribution in [0.2, 0.25) is 0 Å². The topological polar surface area (TPSA) is 129 Å². The van der Waals surface area contributed by atoms with Gasteiger partial charge in [-0.15, -0.1) is 0 Å². The van der Waals surface area contributed by atoms with Crippen molar-refractivity contribution < 1.29 is 29.0 Å². The number of aromatic amines is 2. The van der Waals surface area contributed by atoms with Gasteiger partial charge in [-0.3, -0.25) is 9.59 Å². The summed E-state index contributed by atoms with van der Waals surface area (Å²) in [5, 5.41) is 9.18. The van der Waals surface area contributed by atoms with E-state index in [2.05, 4.69) is 9.97 Å². The molecular weight excluding hydrogens is 460 g/mol. The van der Waals surface area contributed by atoms with Crippen LogP contribution in [0.15, 0.2) is 60.7 Å². The van der Waals surface area contributed by atoms with Crippen LogP contribution in [0.5, 0.6) is 0 Å². The molecule has 4 aromatic rings. The van der Waals surface area contributed by atoms with E-state index in [1.165, 1.54) is 0 Å². The fraction of sp³-hybridized carbons (Fsp3) is 0.143. The molecule has 0 aliphatic carbocycles. The number of aldehydes is 2. The highest BCUT2D eigenvalue weighted by atomic mass is 16.5. The molecule has 0 radical (unpaired) electrons. The van der Waals surface area contributed by atoms with Crippen LogP contribution >= 0.6 is 0 Å². The highest BCUT2D eigenvalue weighted by Gasteiger charge is 2.23. The van der Waals surface area contributed by atoms with E-state index in [-0.39, 0.29) is 5.56 Å². The van der Waals surface area contributed by atoms with Crippen molar-refractivity contribution in [2.75, 3.05) is 6.61 Å². The molecule has 3 N–H and O–H groups in total. The summed E-state index contributed by atoms with van der Waals surface area (Å²) in [5.74, 6) is -1.45. The van der Waals surface area contributed by atoms with Gasteiger partial charge in [-0.25, -0.2) is 9.59 Å². The van der Waals surface area contributed by atoms with E-state index in [1.54, 1.807) is 45.0 Å². The number of carbonyl (C=O) groups is 4. The van der Waals surface area contributed by atoms with Crippen molar-refractivity contribution in [3.63, 3.8) is 0 Å². The minimum absolute atomic E-state index is 0.151. The number of ether oxygens (including phenoxy) is 1. The van der Waals surface area contributed by atoms with E-state index in [0.29, 0.717) is 52.4 Å². The molecule has 184 valence electrons. The third-order valence-electron chi connectivity index (χ3n) is 5.49. The average Bonchev–Trinajstić information content (AvgIpc) is 3.41. The van der Waals surface area contributed by atoms with Gasteiger partial charge >= 0.3 is 11.9 Å². The van der Waals surface area contributed by atoms with Gasteiger partial charge in [0.2, 0.25) is 0 Å². The number of nitrogens with one attached hydrogen (secondary N) is 2. The number of rotatable bonds is 7. The van der Waals surface area contributed by atoms with E-state index in [4.69, 9.17) is 4.74 Å². The molecule has 2 heterocycles. The molecule has 0 amide bonds. The maximum Gasteiger partial charge on any atom is 0.340 e. The second kappa shape index (κ2) is 11.6. The first kappa shape index (κ1) is 25.9. The van der Waals surface area contributed by atoms with Gasteiger partial charge < -0.3 is 19.8 Å². The SMILES string of the molecule is CCOC(=O)c1c(C)[nH]c(C=O)c1-c1ccccc1.Cc1[nH]c(C=O)c(-c2ccccc2)c1C(=O)O. The van der Waals surface area contributed by atoms with Crippen LogP contribution in [0.4, 0.5) is 0 Å². The van der Waals surface area contributed by atoms with E-state index in [0.717, 1.165) is 17.4 Å². The molecule has 0 spiro atoms. The fourth-order valence-electron chi connectivity index (χ4n) is 4.01. The number of carboxylic acid groups (broad SMARTS) is 1. The highest BCUT2D eigenvalue weighted by molar-refractivity contribution is 6.04. The number of hydrogen-bond acceptors (Lipinski definition) is 5. The zero-order valence-electron chi connectivity index (χ0n) is 20.1. The summed E-state index contributed by atoms with van der Waals surface area (Å²) in [7, 11) is 0. The lowest BCUT2D eigenvalue weighted by molar-refractivity contribution is 0.0526. The number of carboxylic acids is 1. The monoisotopic (exact) mass is 486 g/mol. The van der Waals surface area contributed by atoms with Gasteiger partial charge in [-0.2, -0.15) is 0 Å². The van der Waals surface area contributed by atoms with Crippen LogP contribution in [0, 0.1) is 13.8 Å². The number of aromatic nitrogens is 2. The number of hydrogen-bond donors (Lipinski definition) is 3. The number of benzene rings is 2. The minimum Gasteiger partial charge on any atom is -0.478 e. The van der Waals surface area contributed by atoms with Gasteiger partial charge in [-0.1, -0.05) is 60.7 Å². The molecule has 0 aliphatic heterocycles. The van der Waals surface area contributed by atoms with Crippen molar-refractivity contribution >= 4 is 24.5 Å². The van der Waals surface area contributed by atoms with Crippen molar-refractivity contribution in [3.05, 3.63) is 94.6 Å². The van der Waals surface area contributed by atoms with Crippen molar-refractivity contribution in [3.8, 4) is 22.3 Å². The molecule has 0 unspecified atom stereocenters. The van der Waals surface area contributed by atoms with Crippen LogP contribution in [0.25, 0.3) is 22.3 Å². The lowest BCUT2D eigenvalue weighted by Crippen LogP contribution is -2.06. The summed E-state index contributed by atoms with van der Waals surface area (Å²) >= 11 is 0. The van der Waals surface area contributed by atoms with E-state index in [9.17, 15) is 24.3 Å². The van der Waals surface area contributed by atoms with Crippen LogP contribution in [0.3, 0.4) is 0 Å². The Morgan fingerprint density at radius 2 is 1.19 bits per heavy atom. The van der Waals surface area contributed by atoms with Crippen LogP contribution in [-0.2, 0) is 4.74 Å². The van der Waals surface area contributed by atoms with E-state index >= 15 is 0 Å². The molecule has 0 saturated carbocycles. The Bertz CT molecular complexity index is 1380. The lowest BCUT2D eigenvalue weighted by atomic mass is 10.0. The molecule has 2 aromatic heterocycles. The summed E-state index contributed by atoms with van der Waals surface area (Å²) in [6.45, 7) is 5.45. The molecular formula is C28H26N2O6. The van der Waals surface area contributed by atoms with Gasteiger partial charge in [0.25, 0.3) is 0 Å². The predicted molar refractivity (Wildman–Crippen MR) is 136 cm³/mol. The van der Waals surface area contributed by atoms with Gasteiger partial charge in [0.05, 0.1) is 29.1 Å². The van der Waals surface area contributed by atoms with Crippen LogP contribution in [0.1, 0.15) is 60.0 Å². The second-order valence-corrected chi connectivity index (χ2v) is 7.82. The average molecular weight is 487 g/mol. The Balaban J connectivity index is 0.000000202. The first-order valence-electron chi connectivity index (χ1n) is 11.2. The smallest absolute Gasteiger partial charge is 0.340 e. The standard InChI is InChI=1S/C15H15NO3.C13H11NO3/c1-3-19-15(18)13-10(2)16-12(9-17)14(13)11-7-5-4-6-8-11;1-8-11(13(16)17)12(10(7-15)14-8)9-5-3-2-4-6-9/h4-9,16H,3H2,1-2H3;2-7,14H,1H3,(H,16,17). The summed E-state index contributed by atoms with van der Waals surface area (Å²) in [4.78, 5) is 51.1. The maximum absolute atomic E-state index is 12.0. The van der Waals surface area contributed by atoms with Gasteiger partial charge in [0.1, 0.15) is 0 Å². The number of carbonyl (C=O) groups excluding carboxylic acids is 3. The zero-order chi connectivity index (χ0) is 26.2. The highest BCUT2D eigenvalue weighted by Crippen LogP contribution is 2.30. The molecule has 36 heavy (non-hydrogen) atoms. The second-order valence-electron chi connectivity index (χ2n) is 7.82. The van der Waals surface area contributed by atoms with Crippen molar-refractivity contribution in [2.24, 2.45) is 0 Å². The maximum atomic E-state index is 12.0. The van der Waals surface area contributed by atoms with Crippen LogP contribution < -0.4 is 0 Å². The van der Waals surface area contributed by atoms with Gasteiger partial charge in [0, 0.05) is 22.5 Å². The number of aryl methyl sites for hydroxylation is 2. The molecule has 0 fully saturated rings. The summed E-state index contributed by atoms with van der Waals surface area (Å²) in [6, 6.07) is 18.3. The third kappa shape index (κ3) is 5.33. The molecule has 2 aromatic carbocycles. The third-order valence-corrected chi connectivity index (χ3v) is 5.49. The minimum atomic E-state index is -1.04. The molecule has 0 bridgehead atoms. The fourth-order valence-corrected chi connectivity index (χ4v) is 4.01. The Morgan fingerprint density at radius 3 is 1.58 bits per heavy atom. The lowest BCUT2D eigenvalue weighted by Gasteiger charge is -2.06. The largest absolute Gasteiger partial charge is 0.478 e. The normalized spacial score (nSPS) is 10.2.